The van der Waals surface area contributed by atoms with Gasteiger partial charge in [-0.15, -0.1) is 0 Å². The van der Waals surface area contributed by atoms with Gasteiger partial charge in [-0.3, -0.25) is 4.79 Å². The fraction of sp³-hybridized carbons (Fsp3) is 0.867. The Labute approximate surface area is 122 Å². The number of likely N-dealkylation sites (tertiary alicyclic amines) is 1. The van der Waals surface area contributed by atoms with Gasteiger partial charge >= 0.3 is 0 Å². The maximum Gasteiger partial charge on any atom is 0.235 e. The van der Waals surface area contributed by atoms with E-state index in [1.54, 1.807) is 0 Å². The molecule has 0 saturated carbocycles. The molecule has 0 radical (unpaired) electrons. The number of carbonyl (C=O) groups excluding carboxylic acids is 1. The molecule has 0 spiro atoms. The van der Waals surface area contributed by atoms with Gasteiger partial charge in [0.05, 0.1) is 10.4 Å². The number of piperidine rings is 1. The van der Waals surface area contributed by atoms with Gasteiger partial charge in [-0.05, 0) is 31.6 Å². The maximum absolute atomic E-state index is 12.6. The molecule has 2 N–H and O–H groups in total. The average Bonchev–Trinajstić information content (AvgIpc) is 2.45. The molecule has 4 heteroatoms. The lowest BCUT2D eigenvalue weighted by Gasteiger charge is -2.43. The first-order valence-electron chi connectivity index (χ1n) is 7.44. The topological polar surface area (TPSA) is 46.3 Å². The van der Waals surface area contributed by atoms with Gasteiger partial charge in [0.15, 0.2) is 0 Å². The molecule has 19 heavy (non-hydrogen) atoms. The zero-order chi connectivity index (χ0) is 14.7. The summed E-state index contributed by atoms with van der Waals surface area (Å²) in [5, 5.41) is 0. The minimum Gasteiger partial charge on any atom is -0.392 e. The number of nitrogens with two attached hydrogens (primary N) is 1. The highest BCUT2D eigenvalue weighted by Gasteiger charge is 2.41. The molecule has 0 aromatic rings. The number of hydrogen-bond acceptors (Lipinski definition) is 2. The monoisotopic (exact) mass is 284 g/mol. The van der Waals surface area contributed by atoms with Crippen molar-refractivity contribution in [3.05, 3.63) is 0 Å². The summed E-state index contributed by atoms with van der Waals surface area (Å²) in [5.41, 5.74) is 5.54. The Balaban J connectivity index is 2.75. The van der Waals surface area contributed by atoms with Crippen LogP contribution in [0, 0.1) is 10.8 Å². The highest BCUT2D eigenvalue weighted by molar-refractivity contribution is 7.80. The Bertz CT molecular complexity index is 342. The normalized spacial score (nSPS) is 21.8. The third-order valence-electron chi connectivity index (χ3n) is 5.33. The van der Waals surface area contributed by atoms with Crippen molar-refractivity contribution in [1.29, 1.82) is 0 Å². The van der Waals surface area contributed by atoms with Crippen molar-refractivity contribution in [3.63, 3.8) is 0 Å². The minimum atomic E-state index is -0.673. The van der Waals surface area contributed by atoms with Gasteiger partial charge in [0.1, 0.15) is 0 Å². The van der Waals surface area contributed by atoms with E-state index in [-0.39, 0.29) is 5.91 Å². The van der Waals surface area contributed by atoms with Gasteiger partial charge in [-0.2, -0.15) is 0 Å². The van der Waals surface area contributed by atoms with E-state index in [1.165, 1.54) is 12.8 Å². The number of thiocarbonyl (C=S) groups is 1. The van der Waals surface area contributed by atoms with Crippen LogP contribution < -0.4 is 5.73 Å². The van der Waals surface area contributed by atoms with Crippen LogP contribution in [-0.2, 0) is 4.79 Å². The maximum atomic E-state index is 12.6. The highest BCUT2D eigenvalue weighted by atomic mass is 32.1. The first-order valence-corrected chi connectivity index (χ1v) is 7.85. The Hall–Kier alpha value is -0.640. The molecule has 1 rings (SSSR count). The molecule has 1 atom stereocenters. The van der Waals surface area contributed by atoms with Crippen molar-refractivity contribution in [1.82, 2.24) is 4.90 Å². The fourth-order valence-corrected chi connectivity index (χ4v) is 3.15. The third-order valence-corrected chi connectivity index (χ3v) is 5.78. The van der Waals surface area contributed by atoms with Gasteiger partial charge in [0.2, 0.25) is 5.91 Å². The highest BCUT2D eigenvalue weighted by Crippen LogP contribution is 2.39. The Morgan fingerprint density at radius 1 is 1.26 bits per heavy atom. The molecule has 1 fully saturated rings. The number of hydrogen-bond donors (Lipinski definition) is 1. The summed E-state index contributed by atoms with van der Waals surface area (Å²) in [4.78, 5) is 14.9. The van der Waals surface area contributed by atoms with Crippen LogP contribution in [0.5, 0.6) is 0 Å². The minimum absolute atomic E-state index is 0.114. The van der Waals surface area contributed by atoms with Crippen LogP contribution in [0.2, 0.25) is 0 Å². The SMILES string of the molecule is CCC1(CC)CCN(C(=O)C(C)(CC)C(N)=S)CC1. The molecule has 1 amide bonds. The van der Waals surface area contributed by atoms with Gasteiger partial charge in [0.25, 0.3) is 0 Å². The molecule has 1 unspecified atom stereocenters. The van der Waals surface area contributed by atoms with E-state index in [4.69, 9.17) is 18.0 Å². The molecule has 0 bridgehead atoms. The van der Waals surface area contributed by atoms with E-state index in [0.717, 1.165) is 25.9 Å². The fourth-order valence-electron chi connectivity index (χ4n) is 2.92. The Morgan fingerprint density at radius 2 is 1.74 bits per heavy atom. The number of carbonyl (C=O) groups is 1. The van der Waals surface area contributed by atoms with Crippen LogP contribution in [0.25, 0.3) is 0 Å². The summed E-state index contributed by atoms with van der Waals surface area (Å²) in [7, 11) is 0. The van der Waals surface area contributed by atoms with Crippen LogP contribution in [0.15, 0.2) is 0 Å². The van der Waals surface area contributed by atoms with Gasteiger partial charge in [-0.1, -0.05) is 45.8 Å². The van der Waals surface area contributed by atoms with Gasteiger partial charge in [-0.25, -0.2) is 0 Å². The molecular weight excluding hydrogens is 256 g/mol. The summed E-state index contributed by atoms with van der Waals surface area (Å²) in [6, 6.07) is 0. The van der Waals surface area contributed by atoms with E-state index in [0.29, 0.717) is 16.8 Å². The van der Waals surface area contributed by atoms with Crippen molar-refractivity contribution >= 4 is 23.1 Å². The quantitative estimate of drug-likeness (QED) is 0.789. The molecule has 110 valence electrons. The first kappa shape index (κ1) is 16.4. The van der Waals surface area contributed by atoms with E-state index >= 15 is 0 Å². The second-order valence-electron chi connectivity index (χ2n) is 6.05. The summed E-state index contributed by atoms with van der Waals surface area (Å²) < 4.78 is 0. The lowest BCUT2D eigenvalue weighted by molar-refractivity contribution is -0.140. The molecule has 0 aromatic heterocycles. The van der Waals surface area contributed by atoms with Crippen LogP contribution >= 0.6 is 12.2 Å². The largest absolute Gasteiger partial charge is 0.392 e. The van der Waals surface area contributed by atoms with Crippen molar-refractivity contribution < 1.29 is 4.79 Å². The molecule has 0 aromatic carbocycles. The lowest BCUT2D eigenvalue weighted by atomic mass is 9.73. The van der Waals surface area contributed by atoms with E-state index in [1.807, 2.05) is 18.7 Å². The molecule has 0 aliphatic carbocycles. The standard InChI is InChI=1S/C15H28N2OS/c1-5-14(4,12(16)19)13(18)17-10-8-15(6-2,7-3)9-11-17/h5-11H2,1-4H3,(H2,16,19). The van der Waals surface area contributed by atoms with Crippen molar-refractivity contribution in [3.8, 4) is 0 Å². The molecular formula is C15H28N2OS. The van der Waals surface area contributed by atoms with Crippen molar-refractivity contribution in [2.24, 2.45) is 16.6 Å². The number of nitrogens with zero attached hydrogens (tertiary/aromatic N) is 1. The van der Waals surface area contributed by atoms with E-state index < -0.39 is 5.41 Å². The second-order valence-corrected chi connectivity index (χ2v) is 6.49. The predicted molar refractivity (Wildman–Crippen MR) is 84.0 cm³/mol. The molecule has 1 saturated heterocycles. The Morgan fingerprint density at radius 3 is 2.05 bits per heavy atom. The summed E-state index contributed by atoms with van der Waals surface area (Å²) >= 11 is 5.10. The smallest absolute Gasteiger partial charge is 0.235 e. The molecule has 1 heterocycles. The molecule has 1 aliphatic heterocycles. The van der Waals surface area contributed by atoms with Crippen LogP contribution in [0.4, 0.5) is 0 Å². The van der Waals surface area contributed by atoms with Crippen LogP contribution in [0.3, 0.4) is 0 Å². The van der Waals surface area contributed by atoms with Crippen LogP contribution in [0.1, 0.15) is 59.8 Å². The van der Waals surface area contributed by atoms with Crippen LogP contribution in [-0.4, -0.2) is 28.9 Å². The van der Waals surface area contributed by atoms with Crippen molar-refractivity contribution in [2.75, 3.05) is 13.1 Å². The average molecular weight is 284 g/mol. The van der Waals surface area contributed by atoms with E-state index in [2.05, 4.69) is 13.8 Å². The third kappa shape index (κ3) is 3.10. The van der Waals surface area contributed by atoms with E-state index in [9.17, 15) is 4.79 Å². The second kappa shape index (κ2) is 6.21. The molecule has 3 nitrogen and oxygen atoms in total. The predicted octanol–water partition coefficient (Wildman–Crippen LogP) is 3.12. The zero-order valence-corrected chi connectivity index (χ0v) is 13.6. The lowest BCUT2D eigenvalue weighted by Crippen LogP contribution is -2.52. The number of amides is 1. The molecule has 1 aliphatic rings. The summed E-state index contributed by atoms with van der Waals surface area (Å²) in [6.45, 7) is 10.1. The van der Waals surface area contributed by atoms with Gasteiger partial charge < -0.3 is 10.6 Å². The zero-order valence-electron chi connectivity index (χ0n) is 12.8. The summed E-state index contributed by atoms with van der Waals surface area (Å²) in [5.74, 6) is 0.114. The Kier molecular flexibility index (Phi) is 5.36. The van der Waals surface area contributed by atoms with Gasteiger partial charge in [0, 0.05) is 13.1 Å². The summed E-state index contributed by atoms with van der Waals surface area (Å²) in [6.07, 6.45) is 5.27. The number of rotatable bonds is 5. The first-order chi connectivity index (χ1) is 8.85. The van der Waals surface area contributed by atoms with Crippen molar-refractivity contribution in [2.45, 2.75) is 59.8 Å².